The van der Waals surface area contributed by atoms with Gasteiger partial charge in [-0.1, -0.05) is 18.2 Å². The lowest BCUT2D eigenvalue weighted by atomic mass is 10.1. The molecular weight excluding hydrogens is 287 g/mol. The lowest BCUT2D eigenvalue weighted by Crippen LogP contribution is -2.29. The van der Waals surface area contributed by atoms with Gasteiger partial charge in [-0.2, -0.15) is 0 Å². The summed E-state index contributed by atoms with van der Waals surface area (Å²) < 4.78 is 13.5. The number of aliphatic hydroxyl groups excluding tert-OH is 1. The normalized spacial score (nSPS) is 11.8. The van der Waals surface area contributed by atoms with Gasteiger partial charge in [-0.25, -0.2) is 14.4 Å². The molecule has 3 N–H and O–H groups in total. The summed E-state index contributed by atoms with van der Waals surface area (Å²) in [6.45, 7) is 2.49. The predicted molar refractivity (Wildman–Crippen MR) is 79.9 cm³/mol. The number of rotatable bonds is 6. The molecule has 1 heterocycles. The molecule has 1 aromatic heterocycles. The first-order chi connectivity index (χ1) is 10.6. The van der Waals surface area contributed by atoms with E-state index in [1.54, 1.807) is 6.07 Å². The fourth-order valence-corrected chi connectivity index (χ4v) is 1.84. The fourth-order valence-electron chi connectivity index (χ4n) is 1.84. The molecule has 0 saturated carbocycles. The molecule has 0 aliphatic carbocycles. The quantitative estimate of drug-likeness (QED) is 0.753. The minimum absolute atomic E-state index is 0.102. The molecule has 2 rings (SSSR count). The summed E-state index contributed by atoms with van der Waals surface area (Å²) in [5, 5.41) is 15.4. The minimum Gasteiger partial charge on any atom is -0.386 e. The third-order valence-corrected chi connectivity index (χ3v) is 2.97. The highest BCUT2D eigenvalue weighted by Crippen LogP contribution is 2.15. The summed E-state index contributed by atoms with van der Waals surface area (Å²) in [6.07, 6.45) is 1.65. The summed E-state index contributed by atoms with van der Waals surface area (Å²) in [4.78, 5) is 19.9. The smallest absolute Gasteiger partial charge is 0.254 e. The first-order valence-electron chi connectivity index (χ1n) is 6.88. The van der Waals surface area contributed by atoms with E-state index >= 15 is 0 Å². The molecule has 6 nitrogen and oxygen atoms in total. The summed E-state index contributed by atoms with van der Waals surface area (Å²) in [5.74, 6) is -0.508. The average molecular weight is 304 g/mol. The van der Waals surface area contributed by atoms with Gasteiger partial charge >= 0.3 is 0 Å². The van der Waals surface area contributed by atoms with Crippen molar-refractivity contribution in [3.05, 3.63) is 53.6 Å². The number of carbonyl (C=O) groups excluding carboxylic acids is 1. The number of amides is 1. The van der Waals surface area contributed by atoms with Gasteiger partial charge in [0, 0.05) is 31.0 Å². The molecule has 0 aliphatic heterocycles. The van der Waals surface area contributed by atoms with Crippen LogP contribution in [0.4, 0.5) is 10.3 Å². The van der Waals surface area contributed by atoms with E-state index in [1.807, 2.05) is 6.92 Å². The third kappa shape index (κ3) is 3.98. The van der Waals surface area contributed by atoms with Crippen molar-refractivity contribution in [3.63, 3.8) is 0 Å². The summed E-state index contributed by atoms with van der Waals surface area (Å²) in [6, 6.07) is 5.89. The van der Waals surface area contributed by atoms with E-state index in [4.69, 9.17) is 0 Å². The molecule has 0 radical (unpaired) electrons. The number of halogens is 1. The molecular formula is C15H17FN4O2. The Bertz CT molecular complexity index is 634. The Kier molecular flexibility index (Phi) is 5.37. The molecule has 0 fully saturated rings. The van der Waals surface area contributed by atoms with E-state index in [0.29, 0.717) is 12.5 Å². The average Bonchev–Trinajstić information content (AvgIpc) is 2.54. The maximum atomic E-state index is 13.5. The van der Waals surface area contributed by atoms with Gasteiger partial charge in [-0.3, -0.25) is 4.79 Å². The van der Waals surface area contributed by atoms with Gasteiger partial charge < -0.3 is 15.7 Å². The summed E-state index contributed by atoms with van der Waals surface area (Å²) in [5.41, 5.74) is 0.406. The van der Waals surface area contributed by atoms with E-state index in [2.05, 4.69) is 20.6 Å². The first kappa shape index (κ1) is 15.8. The van der Waals surface area contributed by atoms with Crippen molar-refractivity contribution in [3.8, 4) is 0 Å². The minimum atomic E-state index is -1.12. The van der Waals surface area contributed by atoms with E-state index in [-0.39, 0.29) is 17.7 Å². The topological polar surface area (TPSA) is 87.1 Å². The van der Waals surface area contributed by atoms with Crippen molar-refractivity contribution in [2.24, 2.45) is 0 Å². The van der Waals surface area contributed by atoms with Gasteiger partial charge in [0.25, 0.3) is 5.91 Å². The number of carbonyl (C=O) groups is 1. The molecule has 1 amide bonds. The Morgan fingerprint density at radius 1 is 1.32 bits per heavy atom. The Morgan fingerprint density at radius 3 is 2.64 bits per heavy atom. The molecule has 0 saturated heterocycles. The van der Waals surface area contributed by atoms with Crippen molar-refractivity contribution in [1.29, 1.82) is 0 Å². The number of benzene rings is 1. The van der Waals surface area contributed by atoms with Crippen LogP contribution in [0.1, 0.15) is 28.9 Å². The molecule has 0 spiro atoms. The Hall–Kier alpha value is -2.54. The summed E-state index contributed by atoms with van der Waals surface area (Å²) >= 11 is 0. The molecule has 0 aliphatic rings. The van der Waals surface area contributed by atoms with Gasteiger partial charge in [-0.05, 0) is 13.0 Å². The van der Waals surface area contributed by atoms with Crippen molar-refractivity contribution < 1.29 is 14.3 Å². The van der Waals surface area contributed by atoms with Crippen molar-refractivity contribution in [2.45, 2.75) is 13.0 Å². The van der Waals surface area contributed by atoms with Crippen LogP contribution in [-0.4, -0.2) is 34.1 Å². The van der Waals surface area contributed by atoms with Gasteiger partial charge in [0.2, 0.25) is 5.95 Å². The highest BCUT2D eigenvalue weighted by atomic mass is 19.1. The molecule has 2 aromatic rings. The number of anilines is 1. The molecule has 0 unspecified atom stereocenters. The van der Waals surface area contributed by atoms with Crippen molar-refractivity contribution in [2.75, 3.05) is 18.4 Å². The maximum Gasteiger partial charge on any atom is 0.254 e. The molecule has 0 bridgehead atoms. The van der Waals surface area contributed by atoms with Crippen LogP contribution in [0.2, 0.25) is 0 Å². The third-order valence-electron chi connectivity index (χ3n) is 2.97. The van der Waals surface area contributed by atoms with Gasteiger partial charge in [0.1, 0.15) is 5.82 Å². The highest BCUT2D eigenvalue weighted by molar-refractivity contribution is 5.93. The fraction of sp³-hybridized carbons (Fsp3) is 0.267. The number of aliphatic hydroxyl groups is 1. The van der Waals surface area contributed by atoms with Crippen LogP contribution in [0.25, 0.3) is 0 Å². The van der Waals surface area contributed by atoms with Gasteiger partial charge in [-0.15, -0.1) is 0 Å². The number of hydrogen-bond acceptors (Lipinski definition) is 5. The van der Waals surface area contributed by atoms with E-state index < -0.39 is 17.8 Å². The zero-order valence-corrected chi connectivity index (χ0v) is 12.1. The SMILES string of the molecule is CCNc1ncc(C(=O)NC[C@H](O)c2ccccc2F)cn1. The van der Waals surface area contributed by atoms with Crippen LogP contribution in [-0.2, 0) is 0 Å². The van der Waals surface area contributed by atoms with Gasteiger partial charge in [0.05, 0.1) is 11.7 Å². The van der Waals surface area contributed by atoms with Crippen LogP contribution in [0.3, 0.4) is 0 Å². The van der Waals surface area contributed by atoms with Crippen molar-refractivity contribution >= 4 is 11.9 Å². The van der Waals surface area contributed by atoms with Crippen LogP contribution >= 0.6 is 0 Å². The lowest BCUT2D eigenvalue weighted by Gasteiger charge is -2.13. The number of hydrogen-bond donors (Lipinski definition) is 3. The van der Waals surface area contributed by atoms with Crippen LogP contribution in [0.5, 0.6) is 0 Å². The van der Waals surface area contributed by atoms with Crippen LogP contribution in [0.15, 0.2) is 36.7 Å². The molecule has 116 valence electrons. The Balaban J connectivity index is 1.93. The molecule has 1 aromatic carbocycles. The predicted octanol–water partition coefficient (Wildman–Crippen LogP) is 1.51. The lowest BCUT2D eigenvalue weighted by molar-refractivity contribution is 0.0913. The monoisotopic (exact) mass is 304 g/mol. The molecule has 7 heteroatoms. The van der Waals surface area contributed by atoms with Crippen molar-refractivity contribution in [1.82, 2.24) is 15.3 Å². The molecule has 1 atom stereocenters. The Morgan fingerprint density at radius 2 is 2.00 bits per heavy atom. The summed E-state index contributed by atoms with van der Waals surface area (Å²) in [7, 11) is 0. The van der Waals surface area contributed by atoms with E-state index in [9.17, 15) is 14.3 Å². The standard InChI is InChI=1S/C15H17FN4O2/c1-2-17-15-19-7-10(8-20-15)14(22)18-9-13(21)11-5-3-4-6-12(11)16/h3-8,13,21H,2,9H2,1H3,(H,18,22)(H,17,19,20)/t13-/m0/s1. The number of aromatic nitrogens is 2. The number of nitrogens with zero attached hydrogens (tertiary/aromatic N) is 2. The van der Waals surface area contributed by atoms with E-state index in [0.717, 1.165) is 0 Å². The second-order valence-electron chi connectivity index (χ2n) is 4.57. The second kappa shape index (κ2) is 7.46. The zero-order valence-electron chi connectivity index (χ0n) is 12.1. The first-order valence-corrected chi connectivity index (χ1v) is 6.88. The maximum absolute atomic E-state index is 13.5. The van der Waals surface area contributed by atoms with Gasteiger partial charge in [0.15, 0.2) is 0 Å². The Labute approximate surface area is 127 Å². The highest BCUT2D eigenvalue weighted by Gasteiger charge is 2.14. The largest absolute Gasteiger partial charge is 0.386 e. The zero-order chi connectivity index (χ0) is 15.9. The van der Waals surface area contributed by atoms with Crippen LogP contribution < -0.4 is 10.6 Å². The molecule has 22 heavy (non-hydrogen) atoms. The number of nitrogens with one attached hydrogen (secondary N) is 2. The van der Waals surface area contributed by atoms with Crippen LogP contribution in [0, 0.1) is 5.82 Å². The second-order valence-corrected chi connectivity index (χ2v) is 4.57. The van der Waals surface area contributed by atoms with E-state index in [1.165, 1.54) is 30.6 Å².